The third-order valence-electron chi connectivity index (χ3n) is 10.9. The summed E-state index contributed by atoms with van der Waals surface area (Å²) in [6.45, 7) is 20.3. The number of halogens is 2. The molecule has 1 N–H and O–H groups in total. The van der Waals surface area contributed by atoms with Gasteiger partial charge in [0.05, 0.1) is 11.2 Å². The molecule has 4 aliphatic rings. The van der Waals surface area contributed by atoms with Crippen LogP contribution in [0.25, 0.3) is 0 Å². The van der Waals surface area contributed by atoms with Crippen molar-refractivity contribution in [1.29, 1.82) is 0 Å². The Kier molecular flexibility index (Phi) is 11.4. The monoisotopic (exact) mass is 699 g/mol. The van der Waals surface area contributed by atoms with Crippen molar-refractivity contribution in [1.82, 2.24) is 25.0 Å². The normalized spacial score (nSPS) is 25.5. The highest BCUT2D eigenvalue weighted by molar-refractivity contribution is 9.10. The molecular weight excluding hydrogens is 646 g/mol. The zero-order valence-corrected chi connectivity index (χ0v) is 30.8. The van der Waals surface area contributed by atoms with Crippen LogP contribution in [0, 0.1) is 11.3 Å². The van der Waals surface area contributed by atoms with Gasteiger partial charge in [0.25, 0.3) is 0 Å². The summed E-state index contributed by atoms with van der Waals surface area (Å²) >= 11 is 10.2. The molecule has 2 aromatic rings. The van der Waals surface area contributed by atoms with Gasteiger partial charge in [-0.25, -0.2) is 0 Å². The van der Waals surface area contributed by atoms with Gasteiger partial charge >= 0.3 is 0 Å². The van der Waals surface area contributed by atoms with Gasteiger partial charge in [0, 0.05) is 66.9 Å². The van der Waals surface area contributed by atoms with Crippen molar-refractivity contribution in [3.8, 4) is 0 Å². The molecule has 45 heavy (non-hydrogen) atoms. The Bertz CT molecular complexity index is 1260. The molecule has 1 aromatic heterocycles. The molecule has 3 saturated heterocycles. The minimum atomic E-state index is -0.300. The van der Waals surface area contributed by atoms with E-state index in [4.69, 9.17) is 16.6 Å². The Labute approximate surface area is 285 Å². The van der Waals surface area contributed by atoms with Crippen molar-refractivity contribution >= 4 is 33.4 Å². The van der Waals surface area contributed by atoms with Crippen molar-refractivity contribution in [3.63, 3.8) is 0 Å². The van der Waals surface area contributed by atoms with Crippen LogP contribution < -0.4 is 5.32 Å². The topological polar surface area (TPSA) is 51.7 Å². The number of aromatic nitrogens is 1. The average molecular weight is 701 g/mol. The summed E-state index contributed by atoms with van der Waals surface area (Å²) in [5, 5.41) is 4.25. The second kappa shape index (κ2) is 14.7. The number of carbonyl (C=O) groups is 1. The maximum Gasteiger partial charge on any atom is 0.223 e. The standard InChI is InChI=1S/C35H49BrClN5O.C2H6/c1-34(2,3)31-23-40(17-18-42(31)32(43)19-24-9-13-38-14-10-24)29-11-15-41(16-12-29)35(4)30-8-7-28(37)21-25(30)5-6-26-20-27(36)22-39-33(26)35;1-2/h7-8,20-22,24,29,31,38H,5-6,9-19,23H2,1-4H3;1-2H3. The Morgan fingerprint density at radius 1 is 1.02 bits per heavy atom. The van der Waals surface area contributed by atoms with Crippen LogP contribution >= 0.6 is 27.5 Å². The van der Waals surface area contributed by atoms with Gasteiger partial charge in [-0.2, -0.15) is 0 Å². The fourth-order valence-electron chi connectivity index (χ4n) is 8.37. The Morgan fingerprint density at radius 3 is 2.40 bits per heavy atom. The van der Waals surface area contributed by atoms with E-state index in [-0.39, 0.29) is 17.0 Å². The first-order valence-electron chi connectivity index (χ1n) is 17.5. The van der Waals surface area contributed by atoms with Crippen LogP contribution in [-0.2, 0) is 23.2 Å². The number of fused-ring (bicyclic) bond motifs is 2. The molecule has 6 rings (SSSR count). The summed E-state index contributed by atoms with van der Waals surface area (Å²) in [6.07, 6.45) is 9.12. The van der Waals surface area contributed by atoms with Crippen molar-refractivity contribution in [2.24, 2.45) is 11.3 Å². The highest BCUT2D eigenvalue weighted by Crippen LogP contribution is 2.44. The van der Waals surface area contributed by atoms with Gasteiger partial charge in [-0.05, 0) is 121 Å². The second-order valence-corrected chi connectivity index (χ2v) is 16.0. The van der Waals surface area contributed by atoms with Crippen LogP contribution in [0.5, 0.6) is 0 Å². The zero-order valence-electron chi connectivity index (χ0n) is 28.5. The van der Waals surface area contributed by atoms with E-state index in [0.29, 0.717) is 24.3 Å². The summed E-state index contributed by atoms with van der Waals surface area (Å²) in [4.78, 5) is 26.3. The molecule has 0 spiro atoms. The van der Waals surface area contributed by atoms with E-state index in [1.165, 1.54) is 22.4 Å². The van der Waals surface area contributed by atoms with E-state index in [0.717, 1.165) is 93.8 Å². The number of pyridine rings is 1. The maximum absolute atomic E-state index is 13.6. The van der Waals surface area contributed by atoms with E-state index in [2.05, 4.69) is 81.8 Å². The minimum absolute atomic E-state index is 0.0472. The molecule has 1 amide bonds. The number of benzene rings is 1. The first-order valence-corrected chi connectivity index (χ1v) is 18.6. The lowest BCUT2D eigenvalue weighted by molar-refractivity contribution is -0.142. The summed E-state index contributed by atoms with van der Waals surface area (Å²) < 4.78 is 1.04. The van der Waals surface area contributed by atoms with Gasteiger partial charge in [0.1, 0.15) is 0 Å². The molecule has 1 aliphatic carbocycles. The van der Waals surface area contributed by atoms with Gasteiger partial charge < -0.3 is 10.2 Å². The fourth-order valence-corrected chi connectivity index (χ4v) is 8.95. The second-order valence-electron chi connectivity index (χ2n) is 14.6. The maximum atomic E-state index is 13.6. The average Bonchev–Trinajstić information content (AvgIpc) is 3.16. The molecule has 1 aromatic carbocycles. The predicted molar refractivity (Wildman–Crippen MR) is 190 cm³/mol. The Balaban J connectivity index is 0.00000196. The highest BCUT2D eigenvalue weighted by atomic mass is 79.9. The number of carbonyl (C=O) groups excluding carboxylic acids is 1. The smallest absolute Gasteiger partial charge is 0.223 e. The predicted octanol–water partition coefficient (Wildman–Crippen LogP) is 7.30. The molecule has 3 aliphatic heterocycles. The third-order valence-corrected chi connectivity index (χ3v) is 11.6. The molecule has 2 unspecified atom stereocenters. The summed E-state index contributed by atoms with van der Waals surface area (Å²) in [6, 6.07) is 9.52. The van der Waals surface area contributed by atoms with Crippen LogP contribution in [0.3, 0.4) is 0 Å². The lowest BCUT2D eigenvalue weighted by Gasteiger charge is -2.52. The van der Waals surface area contributed by atoms with Gasteiger partial charge in [-0.1, -0.05) is 52.3 Å². The number of nitrogens with one attached hydrogen (secondary N) is 1. The van der Waals surface area contributed by atoms with Crippen molar-refractivity contribution < 1.29 is 4.79 Å². The number of piperazine rings is 1. The number of hydrogen-bond acceptors (Lipinski definition) is 5. The zero-order chi connectivity index (χ0) is 32.4. The molecule has 0 saturated carbocycles. The number of likely N-dealkylation sites (tertiary alicyclic amines) is 1. The number of amides is 1. The lowest BCUT2D eigenvalue weighted by Crippen LogP contribution is -2.63. The Morgan fingerprint density at radius 2 is 1.71 bits per heavy atom. The molecule has 0 bridgehead atoms. The Hall–Kier alpha value is -1.51. The van der Waals surface area contributed by atoms with E-state index in [9.17, 15) is 4.79 Å². The molecule has 248 valence electrons. The highest BCUT2D eigenvalue weighted by Gasteiger charge is 2.45. The summed E-state index contributed by atoms with van der Waals surface area (Å²) in [5.41, 5.74) is 4.94. The lowest BCUT2D eigenvalue weighted by atomic mass is 9.81. The van der Waals surface area contributed by atoms with Gasteiger partial charge in [0.2, 0.25) is 5.91 Å². The molecular formula is C37H55BrClN5O. The largest absolute Gasteiger partial charge is 0.337 e. The van der Waals surface area contributed by atoms with E-state index in [1.54, 1.807) is 0 Å². The number of piperidine rings is 2. The van der Waals surface area contributed by atoms with E-state index in [1.807, 2.05) is 26.1 Å². The van der Waals surface area contributed by atoms with Gasteiger partial charge in [-0.15, -0.1) is 0 Å². The number of nitrogens with zero attached hydrogens (tertiary/aromatic N) is 4. The van der Waals surface area contributed by atoms with Crippen LogP contribution in [0.1, 0.15) is 96.0 Å². The van der Waals surface area contributed by atoms with Crippen molar-refractivity contribution in [2.75, 3.05) is 45.8 Å². The number of aryl methyl sites for hydroxylation is 2. The molecule has 2 atom stereocenters. The quantitative estimate of drug-likeness (QED) is 0.363. The van der Waals surface area contributed by atoms with Crippen LogP contribution in [0.4, 0.5) is 0 Å². The van der Waals surface area contributed by atoms with Gasteiger partial charge in [-0.3, -0.25) is 19.6 Å². The van der Waals surface area contributed by atoms with Crippen LogP contribution in [0.15, 0.2) is 34.9 Å². The number of rotatable bonds is 4. The number of hydrogen-bond donors (Lipinski definition) is 1. The SMILES string of the molecule is CC.CC(C)(C)C1CN(C2CCN(C3(C)c4ccc(Cl)cc4CCc4cc(Br)cnc43)CC2)CCN1C(=O)CC1CCNCC1. The molecule has 0 radical (unpaired) electrons. The van der Waals surface area contributed by atoms with Crippen molar-refractivity contribution in [3.05, 3.63) is 62.3 Å². The summed E-state index contributed by atoms with van der Waals surface area (Å²) in [7, 11) is 0. The fraction of sp³-hybridized carbons (Fsp3) is 0.676. The first kappa shape index (κ1) is 34.8. The summed E-state index contributed by atoms with van der Waals surface area (Å²) in [5.74, 6) is 0.906. The molecule has 4 heterocycles. The molecule has 8 heteroatoms. The van der Waals surface area contributed by atoms with Crippen LogP contribution in [0.2, 0.25) is 5.02 Å². The first-order chi connectivity index (χ1) is 21.5. The van der Waals surface area contributed by atoms with Crippen molar-refractivity contribution in [2.45, 2.75) is 104 Å². The van der Waals surface area contributed by atoms with E-state index < -0.39 is 0 Å². The third kappa shape index (κ3) is 7.48. The van der Waals surface area contributed by atoms with Crippen LogP contribution in [-0.4, -0.2) is 83.5 Å². The molecule has 6 nitrogen and oxygen atoms in total. The minimum Gasteiger partial charge on any atom is -0.337 e. The van der Waals surface area contributed by atoms with E-state index >= 15 is 0 Å². The molecule has 3 fully saturated rings. The van der Waals surface area contributed by atoms with Gasteiger partial charge in [0.15, 0.2) is 0 Å².